The molecule has 0 atom stereocenters. The fraction of sp³-hybridized carbons (Fsp3) is 0.0909. The molecule has 232 valence electrons. The van der Waals surface area contributed by atoms with E-state index in [0.29, 0.717) is 54.8 Å². The lowest BCUT2D eigenvalue weighted by Gasteiger charge is -2.16. The van der Waals surface area contributed by atoms with Crippen LogP contribution in [0.25, 0.3) is 33.5 Å². The van der Waals surface area contributed by atoms with Gasteiger partial charge in [0.05, 0.1) is 28.2 Å². The lowest BCUT2D eigenvalue weighted by Crippen LogP contribution is -2.21. The summed E-state index contributed by atoms with van der Waals surface area (Å²) in [7, 11) is 0. The third-order valence-corrected chi connectivity index (χ3v) is 9.31. The summed E-state index contributed by atoms with van der Waals surface area (Å²) in [6.45, 7) is 1.74. The first-order valence-electron chi connectivity index (χ1n) is 13.8. The van der Waals surface area contributed by atoms with Crippen molar-refractivity contribution in [1.82, 2.24) is 9.66 Å². The number of carbonyl (C=O) groups is 1. The van der Waals surface area contributed by atoms with E-state index in [1.165, 1.54) is 29.1 Å². The SMILES string of the molecule is CCOc1cc(C=Nn2c(-c3cc4cc(Br)ccc4o3)nc3ccccc3c2=O)c(Br)c(Br)c1OCC(=O)Nc1cccc(F)c1. The standard InChI is InChI=1S/C33H22Br3FN4O5/c1-2-44-26-14-19(29(35)30(36)31(26)45-17-28(42)39-22-7-5-6-21(37)15-22)16-38-41-32(40-24-9-4-3-8-23(24)33(41)43)27-13-18-12-20(34)10-11-25(18)46-27/h3-16H,2,17H2,1H3,(H,39,42). The van der Waals surface area contributed by atoms with Crippen LogP contribution in [-0.2, 0) is 4.79 Å². The molecule has 2 aromatic heterocycles. The number of anilines is 1. The third kappa shape index (κ3) is 6.62. The predicted molar refractivity (Wildman–Crippen MR) is 185 cm³/mol. The van der Waals surface area contributed by atoms with Crippen molar-refractivity contribution in [2.75, 3.05) is 18.5 Å². The number of fused-ring (bicyclic) bond motifs is 2. The Labute approximate surface area is 286 Å². The van der Waals surface area contributed by atoms with Crippen molar-refractivity contribution in [2.24, 2.45) is 5.10 Å². The van der Waals surface area contributed by atoms with E-state index >= 15 is 0 Å². The van der Waals surface area contributed by atoms with Crippen molar-refractivity contribution in [3.8, 4) is 23.1 Å². The van der Waals surface area contributed by atoms with E-state index < -0.39 is 11.7 Å². The number of aromatic nitrogens is 2. The number of ether oxygens (including phenoxy) is 2. The van der Waals surface area contributed by atoms with Gasteiger partial charge in [-0.05, 0) is 99.4 Å². The van der Waals surface area contributed by atoms with Crippen LogP contribution in [0, 0.1) is 5.82 Å². The number of amides is 1. The Bertz CT molecular complexity index is 2220. The molecular weight excluding hydrogens is 791 g/mol. The fourth-order valence-corrected chi connectivity index (χ4v) is 5.95. The van der Waals surface area contributed by atoms with Crippen molar-refractivity contribution >= 4 is 87.5 Å². The van der Waals surface area contributed by atoms with Crippen LogP contribution in [0.2, 0.25) is 0 Å². The Morgan fingerprint density at radius 3 is 2.65 bits per heavy atom. The third-order valence-electron chi connectivity index (χ3n) is 6.68. The summed E-state index contributed by atoms with van der Waals surface area (Å²) < 4.78 is 34.3. The van der Waals surface area contributed by atoms with Gasteiger partial charge in [-0.3, -0.25) is 9.59 Å². The van der Waals surface area contributed by atoms with Gasteiger partial charge in [0.2, 0.25) is 5.82 Å². The highest BCUT2D eigenvalue weighted by Crippen LogP contribution is 2.42. The Morgan fingerprint density at radius 1 is 1.02 bits per heavy atom. The molecule has 0 radical (unpaired) electrons. The molecule has 0 aliphatic rings. The molecule has 0 spiro atoms. The van der Waals surface area contributed by atoms with E-state index in [1.54, 1.807) is 42.5 Å². The predicted octanol–water partition coefficient (Wildman–Crippen LogP) is 8.53. The molecule has 46 heavy (non-hydrogen) atoms. The maximum atomic E-state index is 13.7. The molecule has 0 saturated carbocycles. The molecule has 2 heterocycles. The minimum atomic E-state index is -0.490. The molecule has 6 aromatic rings. The van der Waals surface area contributed by atoms with Crippen LogP contribution in [0.1, 0.15) is 12.5 Å². The Hall–Kier alpha value is -4.33. The van der Waals surface area contributed by atoms with Crippen LogP contribution in [0.5, 0.6) is 11.5 Å². The number of nitrogens with one attached hydrogen (secondary N) is 1. The molecule has 0 bridgehead atoms. The maximum absolute atomic E-state index is 13.7. The van der Waals surface area contributed by atoms with Crippen LogP contribution >= 0.6 is 47.8 Å². The van der Waals surface area contributed by atoms with Gasteiger partial charge < -0.3 is 19.2 Å². The molecule has 0 aliphatic carbocycles. The molecule has 6 rings (SSSR count). The summed E-state index contributed by atoms with van der Waals surface area (Å²) in [5, 5.41) is 8.37. The molecule has 0 unspecified atom stereocenters. The van der Waals surface area contributed by atoms with Gasteiger partial charge in [0.15, 0.2) is 23.9 Å². The van der Waals surface area contributed by atoms with Gasteiger partial charge in [-0.1, -0.05) is 34.1 Å². The van der Waals surface area contributed by atoms with E-state index in [-0.39, 0.29) is 23.7 Å². The number of hydrogen-bond donors (Lipinski definition) is 1. The molecule has 13 heteroatoms. The number of furan rings is 1. The van der Waals surface area contributed by atoms with Gasteiger partial charge in [0.1, 0.15) is 11.4 Å². The molecule has 1 amide bonds. The molecule has 0 saturated heterocycles. The zero-order valence-corrected chi connectivity index (χ0v) is 28.6. The monoisotopic (exact) mass is 810 g/mol. The van der Waals surface area contributed by atoms with E-state index in [4.69, 9.17) is 18.9 Å². The summed E-state index contributed by atoms with van der Waals surface area (Å²) in [6.07, 6.45) is 1.48. The first-order valence-corrected chi connectivity index (χ1v) is 16.2. The highest BCUT2D eigenvalue weighted by atomic mass is 79.9. The van der Waals surface area contributed by atoms with E-state index in [0.717, 1.165) is 9.86 Å². The molecular formula is C33H22Br3FN4O5. The Kier molecular flexibility index (Phi) is 9.34. The van der Waals surface area contributed by atoms with Gasteiger partial charge in [-0.25, -0.2) is 9.37 Å². The second-order valence-electron chi connectivity index (χ2n) is 9.81. The Balaban J connectivity index is 1.36. The molecule has 9 nitrogen and oxygen atoms in total. The van der Waals surface area contributed by atoms with Crippen molar-refractivity contribution in [3.05, 3.63) is 114 Å². The minimum absolute atomic E-state index is 0.219. The lowest BCUT2D eigenvalue weighted by molar-refractivity contribution is -0.118. The van der Waals surface area contributed by atoms with E-state index in [1.807, 2.05) is 25.1 Å². The Morgan fingerprint density at radius 2 is 1.85 bits per heavy atom. The topological polar surface area (TPSA) is 108 Å². The average Bonchev–Trinajstić information content (AvgIpc) is 3.46. The van der Waals surface area contributed by atoms with Gasteiger partial charge in [-0.15, -0.1) is 0 Å². The largest absolute Gasteiger partial charge is 0.490 e. The van der Waals surface area contributed by atoms with Crippen LogP contribution < -0.4 is 20.3 Å². The zero-order valence-electron chi connectivity index (χ0n) is 23.9. The summed E-state index contributed by atoms with van der Waals surface area (Å²) in [5.74, 6) is 0.209. The summed E-state index contributed by atoms with van der Waals surface area (Å²) >= 11 is 10.6. The van der Waals surface area contributed by atoms with E-state index in [2.05, 4.69) is 58.2 Å². The first kappa shape index (κ1) is 31.6. The molecule has 0 aliphatic heterocycles. The summed E-state index contributed by atoms with van der Waals surface area (Å²) in [6, 6.07) is 21.6. The number of nitrogens with zero attached hydrogens (tertiary/aromatic N) is 3. The van der Waals surface area contributed by atoms with Crippen molar-refractivity contribution in [2.45, 2.75) is 6.92 Å². The number of rotatable bonds is 9. The highest BCUT2D eigenvalue weighted by molar-refractivity contribution is 9.13. The van der Waals surface area contributed by atoms with Crippen molar-refractivity contribution in [3.63, 3.8) is 0 Å². The van der Waals surface area contributed by atoms with Gasteiger partial charge in [0.25, 0.3) is 11.5 Å². The number of para-hydroxylation sites is 1. The second-order valence-corrected chi connectivity index (χ2v) is 12.3. The number of carbonyl (C=O) groups excluding carboxylic acids is 1. The summed E-state index contributed by atoms with van der Waals surface area (Å²) in [4.78, 5) is 31.0. The van der Waals surface area contributed by atoms with E-state index in [9.17, 15) is 14.0 Å². The van der Waals surface area contributed by atoms with Crippen molar-refractivity contribution in [1.29, 1.82) is 0 Å². The van der Waals surface area contributed by atoms with Crippen LogP contribution in [-0.4, -0.2) is 35.0 Å². The number of hydrogen-bond acceptors (Lipinski definition) is 7. The normalized spacial score (nSPS) is 11.4. The van der Waals surface area contributed by atoms with Crippen molar-refractivity contribution < 1.29 is 23.1 Å². The quantitative estimate of drug-likeness (QED) is 0.147. The van der Waals surface area contributed by atoms with Gasteiger partial charge >= 0.3 is 0 Å². The van der Waals surface area contributed by atoms with Gasteiger partial charge in [-0.2, -0.15) is 9.78 Å². The van der Waals surface area contributed by atoms with Crippen LogP contribution in [0.4, 0.5) is 10.1 Å². The van der Waals surface area contributed by atoms with Crippen LogP contribution in [0.15, 0.2) is 107 Å². The molecule has 4 aromatic carbocycles. The summed E-state index contributed by atoms with van der Waals surface area (Å²) in [5.41, 5.74) is 1.58. The zero-order chi connectivity index (χ0) is 32.4. The number of benzene rings is 4. The average molecular weight is 813 g/mol. The highest BCUT2D eigenvalue weighted by Gasteiger charge is 2.20. The first-order chi connectivity index (χ1) is 22.2. The van der Waals surface area contributed by atoms with Gasteiger partial charge in [0, 0.05) is 25.6 Å². The molecule has 0 fully saturated rings. The van der Waals surface area contributed by atoms with Crippen LogP contribution in [0.3, 0.4) is 0 Å². The fourth-order valence-electron chi connectivity index (χ4n) is 4.63. The molecule has 1 N–H and O–H groups in total. The minimum Gasteiger partial charge on any atom is -0.490 e. The maximum Gasteiger partial charge on any atom is 0.282 e. The number of halogens is 4. The second kappa shape index (κ2) is 13.6. The smallest absolute Gasteiger partial charge is 0.282 e. The lowest BCUT2D eigenvalue weighted by atomic mass is 10.2.